The van der Waals surface area contributed by atoms with Crippen molar-refractivity contribution >= 4 is 5.69 Å². The Labute approximate surface area is 96.6 Å². The molecule has 0 aromatic heterocycles. The minimum atomic E-state index is 0.159. The van der Waals surface area contributed by atoms with Crippen LogP contribution in [0.15, 0.2) is 24.3 Å². The highest BCUT2D eigenvalue weighted by Gasteiger charge is 2.05. The van der Waals surface area contributed by atoms with Crippen LogP contribution in [0.3, 0.4) is 0 Å². The van der Waals surface area contributed by atoms with Gasteiger partial charge in [0.15, 0.2) is 0 Å². The molecule has 3 N–H and O–H groups in total. The summed E-state index contributed by atoms with van der Waals surface area (Å²) < 4.78 is 5.03. The fourth-order valence-electron chi connectivity index (χ4n) is 1.58. The first kappa shape index (κ1) is 13.0. The molecule has 4 heteroatoms. The lowest BCUT2D eigenvalue weighted by Gasteiger charge is -2.20. The Morgan fingerprint density at radius 2 is 2.19 bits per heavy atom. The summed E-state index contributed by atoms with van der Waals surface area (Å²) in [5.74, 6) is 0. The van der Waals surface area contributed by atoms with E-state index in [-0.39, 0.29) is 6.61 Å². The van der Waals surface area contributed by atoms with Crippen LogP contribution in [0, 0.1) is 0 Å². The smallest absolute Gasteiger partial charge is 0.0589 e. The van der Waals surface area contributed by atoms with E-state index in [1.807, 2.05) is 24.3 Å². The minimum absolute atomic E-state index is 0.159. The molecule has 16 heavy (non-hydrogen) atoms. The first-order chi connectivity index (χ1) is 7.76. The van der Waals surface area contributed by atoms with Crippen LogP contribution in [0.2, 0.25) is 0 Å². The predicted molar refractivity (Wildman–Crippen MR) is 65.1 cm³/mol. The molecule has 1 aromatic carbocycles. The Morgan fingerprint density at radius 3 is 2.81 bits per heavy atom. The predicted octanol–water partition coefficient (Wildman–Crippen LogP) is 0.710. The number of anilines is 1. The quantitative estimate of drug-likeness (QED) is 0.670. The first-order valence-electron chi connectivity index (χ1n) is 5.43. The normalized spacial score (nSPS) is 10.9. The third-order valence-corrected chi connectivity index (χ3v) is 2.39. The molecule has 4 nitrogen and oxygen atoms in total. The Bertz CT molecular complexity index is 305. The van der Waals surface area contributed by atoms with Crippen molar-refractivity contribution in [3.8, 4) is 0 Å². The molecule has 0 radical (unpaired) electrons. The number of hydrogen-bond acceptors (Lipinski definition) is 4. The number of aliphatic hydroxyl groups is 1. The molecule has 0 heterocycles. The largest absolute Gasteiger partial charge is 0.399 e. The van der Waals surface area contributed by atoms with Gasteiger partial charge in [0.2, 0.25) is 0 Å². The number of nitrogens with zero attached hydrogens (tertiary/aromatic N) is 1. The maximum absolute atomic E-state index is 8.96. The summed E-state index contributed by atoms with van der Waals surface area (Å²) in [5.41, 5.74) is 7.64. The van der Waals surface area contributed by atoms with Gasteiger partial charge in [0.05, 0.1) is 13.2 Å². The second-order valence-electron chi connectivity index (χ2n) is 3.74. The SMILES string of the molecule is COCCN(CCO)Cc1cccc(N)c1. The number of nitrogens with two attached hydrogens (primary N) is 1. The third-order valence-electron chi connectivity index (χ3n) is 2.39. The van der Waals surface area contributed by atoms with Crippen LogP contribution in [0.1, 0.15) is 5.56 Å². The van der Waals surface area contributed by atoms with E-state index in [2.05, 4.69) is 4.90 Å². The van der Waals surface area contributed by atoms with E-state index in [1.165, 1.54) is 0 Å². The fraction of sp³-hybridized carbons (Fsp3) is 0.500. The van der Waals surface area contributed by atoms with Crippen molar-refractivity contribution in [2.75, 3.05) is 39.1 Å². The zero-order chi connectivity index (χ0) is 11.8. The third kappa shape index (κ3) is 4.61. The van der Waals surface area contributed by atoms with Gasteiger partial charge in [0.1, 0.15) is 0 Å². The number of aliphatic hydroxyl groups excluding tert-OH is 1. The first-order valence-corrected chi connectivity index (χ1v) is 5.43. The number of ether oxygens (including phenoxy) is 1. The van der Waals surface area contributed by atoms with E-state index < -0.39 is 0 Å². The van der Waals surface area contributed by atoms with Crippen LogP contribution in [0.5, 0.6) is 0 Å². The molecule has 0 saturated heterocycles. The molecule has 1 rings (SSSR count). The van der Waals surface area contributed by atoms with Gasteiger partial charge in [-0.2, -0.15) is 0 Å². The summed E-state index contributed by atoms with van der Waals surface area (Å²) in [6.07, 6.45) is 0. The van der Waals surface area contributed by atoms with Gasteiger partial charge in [-0.05, 0) is 17.7 Å². The second-order valence-corrected chi connectivity index (χ2v) is 3.74. The van der Waals surface area contributed by atoms with Gasteiger partial charge >= 0.3 is 0 Å². The molecule has 0 bridgehead atoms. The number of rotatable bonds is 7. The second kappa shape index (κ2) is 7.22. The molecule has 90 valence electrons. The van der Waals surface area contributed by atoms with Gasteiger partial charge in [0.25, 0.3) is 0 Å². The fourth-order valence-corrected chi connectivity index (χ4v) is 1.58. The van der Waals surface area contributed by atoms with Crippen LogP contribution < -0.4 is 5.73 Å². The lowest BCUT2D eigenvalue weighted by Crippen LogP contribution is -2.29. The van der Waals surface area contributed by atoms with Crippen molar-refractivity contribution < 1.29 is 9.84 Å². The topological polar surface area (TPSA) is 58.7 Å². The van der Waals surface area contributed by atoms with Crippen LogP contribution in [-0.4, -0.2) is 43.4 Å². The van der Waals surface area contributed by atoms with Gasteiger partial charge in [0, 0.05) is 32.4 Å². The van der Waals surface area contributed by atoms with Gasteiger partial charge in [-0.15, -0.1) is 0 Å². The van der Waals surface area contributed by atoms with Crippen LogP contribution >= 0.6 is 0 Å². The number of hydrogen-bond donors (Lipinski definition) is 2. The Kier molecular flexibility index (Phi) is 5.85. The molecular weight excluding hydrogens is 204 g/mol. The van der Waals surface area contributed by atoms with Crippen molar-refractivity contribution in [3.05, 3.63) is 29.8 Å². The number of methoxy groups -OCH3 is 1. The summed E-state index contributed by atoms with van der Waals surface area (Å²) in [6, 6.07) is 7.80. The summed E-state index contributed by atoms with van der Waals surface area (Å²) in [4.78, 5) is 2.14. The molecule has 0 fully saturated rings. The molecule has 0 saturated carbocycles. The van der Waals surface area contributed by atoms with Crippen molar-refractivity contribution in [1.82, 2.24) is 4.90 Å². The highest BCUT2D eigenvalue weighted by molar-refractivity contribution is 5.40. The van der Waals surface area contributed by atoms with Crippen molar-refractivity contribution in [2.24, 2.45) is 0 Å². The van der Waals surface area contributed by atoms with E-state index >= 15 is 0 Å². The molecule has 0 amide bonds. The molecule has 0 unspecified atom stereocenters. The molecular formula is C12H20N2O2. The van der Waals surface area contributed by atoms with Gasteiger partial charge in [-0.1, -0.05) is 12.1 Å². The van der Waals surface area contributed by atoms with Gasteiger partial charge in [-0.25, -0.2) is 0 Å². The lowest BCUT2D eigenvalue weighted by molar-refractivity contribution is 0.127. The Morgan fingerprint density at radius 1 is 1.38 bits per heavy atom. The van der Waals surface area contributed by atoms with E-state index in [4.69, 9.17) is 15.6 Å². The maximum Gasteiger partial charge on any atom is 0.0589 e. The van der Waals surface area contributed by atoms with Crippen molar-refractivity contribution in [2.45, 2.75) is 6.54 Å². The average molecular weight is 224 g/mol. The van der Waals surface area contributed by atoms with E-state index in [9.17, 15) is 0 Å². The van der Waals surface area contributed by atoms with Gasteiger partial charge in [-0.3, -0.25) is 4.90 Å². The summed E-state index contributed by atoms with van der Waals surface area (Å²) in [6.45, 7) is 3.08. The highest BCUT2D eigenvalue weighted by atomic mass is 16.5. The molecule has 0 spiro atoms. The van der Waals surface area contributed by atoms with E-state index in [0.29, 0.717) is 13.2 Å². The summed E-state index contributed by atoms with van der Waals surface area (Å²) in [7, 11) is 1.68. The van der Waals surface area contributed by atoms with Gasteiger partial charge < -0.3 is 15.6 Å². The molecule has 0 aliphatic heterocycles. The highest BCUT2D eigenvalue weighted by Crippen LogP contribution is 2.09. The standard InChI is InChI=1S/C12H20N2O2/c1-16-8-6-14(5-7-15)10-11-3-2-4-12(13)9-11/h2-4,9,15H,5-8,10,13H2,1H3. The van der Waals surface area contributed by atoms with Crippen LogP contribution in [0.25, 0.3) is 0 Å². The molecule has 0 aliphatic rings. The molecule has 1 aromatic rings. The van der Waals surface area contributed by atoms with Crippen LogP contribution in [-0.2, 0) is 11.3 Å². The number of nitrogen functional groups attached to an aromatic ring is 1. The Balaban J connectivity index is 2.52. The van der Waals surface area contributed by atoms with E-state index in [1.54, 1.807) is 7.11 Å². The zero-order valence-electron chi connectivity index (χ0n) is 9.72. The zero-order valence-corrected chi connectivity index (χ0v) is 9.72. The maximum atomic E-state index is 8.96. The van der Waals surface area contributed by atoms with Crippen molar-refractivity contribution in [1.29, 1.82) is 0 Å². The molecule has 0 atom stereocenters. The Hall–Kier alpha value is -1.10. The monoisotopic (exact) mass is 224 g/mol. The van der Waals surface area contributed by atoms with Crippen molar-refractivity contribution in [3.63, 3.8) is 0 Å². The minimum Gasteiger partial charge on any atom is -0.399 e. The summed E-state index contributed by atoms with van der Waals surface area (Å²) >= 11 is 0. The average Bonchev–Trinajstić information content (AvgIpc) is 2.26. The summed E-state index contributed by atoms with van der Waals surface area (Å²) in [5, 5.41) is 8.96. The molecule has 0 aliphatic carbocycles. The number of benzene rings is 1. The van der Waals surface area contributed by atoms with E-state index in [0.717, 1.165) is 24.3 Å². The van der Waals surface area contributed by atoms with Crippen LogP contribution in [0.4, 0.5) is 5.69 Å². The lowest BCUT2D eigenvalue weighted by atomic mass is 10.2.